The van der Waals surface area contributed by atoms with Crippen LogP contribution < -0.4 is 11.3 Å². The number of carbonyl (C=O) groups is 1. The number of hydrogen-bond acceptors (Lipinski definition) is 4. The highest BCUT2D eigenvalue weighted by molar-refractivity contribution is 6.04. The molecule has 0 fully saturated rings. The predicted octanol–water partition coefficient (Wildman–Crippen LogP) is 2.43. The summed E-state index contributed by atoms with van der Waals surface area (Å²) in [5.41, 5.74) is 5.83. The lowest BCUT2D eigenvalue weighted by Gasteiger charge is -2.24. The molecule has 0 saturated heterocycles. The van der Waals surface area contributed by atoms with E-state index < -0.39 is 0 Å². The zero-order valence-corrected chi connectivity index (χ0v) is 15.9. The lowest BCUT2D eigenvalue weighted by molar-refractivity contribution is 0.0742. The van der Waals surface area contributed by atoms with Crippen LogP contribution in [-0.2, 0) is 6.54 Å². The Bertz CT molecular complexity index is 775. The van der Waals surface area contributed by atoms with Crippen molar-refractivity contribution in [2.45, 2.75) is 45.7 Å². The normalized spacial score (nSPS) is 11.8. The molecule has 6 nitrogen and oxygen atoms in total. The van der Waals surface area contributed by atoms with Crippen molar-refractivity contribution in [3.63, 3.8) is 0 Å². The number of benzene rings is 1. The number of aromatic nitrogens is 2. The number of carbonyl (C=O) groups excluding carboxylic acids is 1. The third-order valence-corrected chi connectivity index (χ3v) is 4.37. The highest BCUT2D eigenvalue weighted by Gasteiger charge is 2.22. The van der Waals surface area contributed by atoms with Crippen LogP contribution in [0.5, 0.6) is 0 Å². The first-order chi connectivity index (χ1) is 11.5. The van der Waals surface area contributed by atoms with Gasteiger partial charge in [0.2, 0.25) is 0 Å². The van der Waals surface area contributed by atoms with Crippen LogP contribution in [0, 0.1) is 0 Å². The van der Waals surface area contributed by atoms with E-state index in [9.17, 15) is 9.59 Å². The van der Waals surface area contributed by atoms with Crippen molar-refractivity contribution in [1.82, 2.24) is 14.7 Å². The molecule has 1 heterocycles. The maximum absolute atomic E-state index is 12.8. The minimum absolute atomic E-state index is 0. The molecular weight excluding hydrogens is 340 g/mol. The van der Waals surface area contributed by atoms with E-state index in [-0.39, 0.29) is 29.9 Å². The summed E-state index contributed by atoms with van der Waals surface area (Å²) >= 11 is 0. The summed E-state index contributed by atoms with van der Waals surface area (Å²) in [6, 6.07) is 7.04. The number of halogens is 1. The molecule has 2 aromatic rings. The van der Waals surface area contributed by atoms with E-state index in [0.717, 1.165) is 19.3 Å². The molecule has 25 heavy (non-hydrogen) atoms. The van der Waals surface area contributed by atoms with E-state index in [1.165, 1.54) is 4.68 Å². The molecule has 0 saturated carbocycles. The minimum atomic E-state index is -0.214. The first kappa shape index (κ1) is 21.1. The molecule has 2 rings (SSSR count). The molecule has 1 unspecified atom stereocenters. The Morgan fingerprint density at radius 1 is 1.28 bits per heavy atom. The molecule has 0 bridgehead atoms. The van der Waals surface area contributed by atoms with Crippen LogP contribution in [0.1, 0.15) is 43.6 Å². The number of hydrogen-bond donors (Lipinski definition) is 1. The van der Waals surface area contributed by atoms with E-state index in [4.69, 9.17) is 5.73 Å². The standard InChI is InChI=1S/C18H26N4O2.ClH/c1-4-5-8-11-22-17(23)15-10-7-6-9-14(15)16(20-22)18(24)21(3)13(2)12-19;/h6-7,9-10,13H,4-5,8,11-12,19H2,1-3H3;1H. The second-order valence-electron chi connectivity index (χ2n) is 6.13. The van der Waals surface area contributed by atoms with Gasteiger partial charge >= 0.3 is 0 Å². The molecule has 0 aliphatic rings. The highest BCUT2D eigenvalue weighted by atomic mass is 35.5. The summed E-state index contributed by atoms with van der Waals surface area (Å²) in [7, 11) is 1.71. The predicted molar refractivity (Wildman–Crippen MR) is 103 cm³/mol. The van der Waals surface area contributed by atoms with Crippen molar-refractivity contribution in [2.24, 2.45) is 5.73 Å². The van der Waals surface area contributed by atoms with Crippen LogP contribution in [0.3, 0.4) is 0 Å². The van der Waals surface area contributed by atoms with Crippen LogP contribution in [0.15, 0.2) is 29.1 Å². The Labute approximate surface area is 154 Å². The summed E-state index contributed by atoms with van der Waals surface area (Å²) < 4.78 is 1.42. The summed E-state index contributed by atoms with van der Waals surface area (Å²) in [5, 5.41) is 5.50. The van der Waals surface area contributed by atoms with Gasteiger partial charge < -0.3 is 10.6 Å². The molecule has 2 N–H and O–H groups in total. The SMILES string of the molecule is CCCCCn1nc(C(=O)N(C)C(C)CN)c2ccccc2c1=O.Cl. The van der Waals surface area contributed by atoms with Crippen molar-refractivity contribution >= 4 is 29.1 Å². The molecule has 0 aliphatic carbocycles. The third-order valence-electron chi connectivity index (χ3n) is 4.37. The average molecular weight is 367 g/mol. The van der Waals surface area contributed by atoms with E-state index in [0.29, 0.717) is 29.6 Å². The van der Waals surface area contributed by atoms with Crippen molar-refractivity contribution in [1.29, 1.82) is 0 Å². The monoisotopic (exact) mass is 366 g/mol. The van der Waals surface area contributed by atoms with Crippen LogP contribution in [0.4, 0.5) is 0 Å². The van der Waals surface area contributed by atoms with Crippen LogP contribution in [-0.4, -0.2) is 40.2 Å². The third kappa shape index (κ3) is 4.58. The largest absolute Gasteiger partial charge is 0.336 e. The zero-order chi connectivity index (χ0) is 17.7. The number of amides is 1. The van der Waals surface area contributed by atoms with E-state index >= 15 is 0 Å². The molecule has 0 spiro atoms. The Morgan fingerprint density at radius 3 is 2.52 bits per heavy atom. The van der Waals surface area contributed by atoms with Gasteiger partial charge in [-0.15, -0.1) is 12.4 Å². The van der Waals surface area contributed by atoms with Crippen LogP contribution >= 0.6 is 12.4 Å². The topological polar surface area (TPSA) is 81.2 Å². The maximum Gasteiger partial charge on any atom is 0.274 e. The van der Waals surface area contributed by atoms with E-state index in [2.05, 4.69) is 12.0 Å². The molecule has 1 amide bonds. The van der Waals surface area contributed by atoms with Gasteiger partial charge in [-0.05, 0) is 19.4 Å². The van der Waals surface area contributed by atoms with Crippen molar-refractivity contribution < 1.29 is 4.79 Å². The summed E-state index contributed by atoms with van der Waals surface area (Å²) in [6.45, 7) is 4.89. The first-order valence-corrected chi connectivity index (χ1v) is 8.48. The van der Waals surface area contributed by atoms with Gasteiger partial charge in [0, 0.05) is 31.6 Å². The molecule has 0 radical (unpaired) electrons. The number of rotatable bonds is 7. The Kier molecular flexibility index (Phi) is 8.06. The Hall–Kier alpha value is -1.92. The number of unbranched alkanes of at least 4 members (excludes halogenated alkanes) is 2. The van der Waals surface area contributed by atoms with Gasteiger partial charge in [0.1, 0.15) is 0 Å². The smallest absolute Gasteiger partial charge is 0.274 e. The van der Waals surface area contributed by atoms with Crippen LogP contribution in [0.25, 0.3) is 10.8 Å². The van der Waals surface area contributed by atoms with Gasteiger partial charge in [0.15, 0.2) is 5.69 Å². The molecule has 138 valence electrons. The second kappa shape index (κ2) is 9.53. The summed E-state index contributed by atoms with van der Waals surface area (Å²) in [5.74, 6) is -0.214. The number of nitrogens with two attached hydrogens (primary N) is 1. The van der Waals surface area contributed by atoms with Crippen molar-refractivity contribution in [3.8, 4) is 0 Å². The quantitative estimate of drug-likeness (QED) is 0.763. The zero-order valence-electron chi connectivity index (χ0n) is 15.1. The Balaban J connectivity index is 0.00000312. The fourth-order valence-electron chi connectivity index (χ4n) is 2.58. The van der Waals surface area contributed by atoms with Gasteiger partial charge in [-0.2, -0.15) is 5.10 Å². The summed E-state index contributed by atoms with van der Waals surface area (Å²) in [6.07, 6.45) is 2.95. The highest BCUT2D eigenvalue weighted by Crippen LogP contribution is 2.16. The van der Waals surface area contributed by atoms with Gasteiger partial charge in [0.05, 0.1) is 5.39 Å². The van der Waals surface area contributed by atoms with Gasteiger partial charge in [-0.3, -0.25) is 9.59 Å². The first-order valence-electron chi connectivity index (χ1n) is 8.48. The van der Waals surface area contributed by atoms with E-state index in [1.54, 1.807) is 30.1 Å². The van der Waals surface area contributed by atoms with Gasteiger partial charge in [0.25, 0.3) is 11.5 Å². The van der Waals surface area contributed by atoms with Crippen LogP contribution in [0.2, 0.25) is 0 Å². The number of likely N-dealkylation sites (N-methyl/N-ethyl adjacent to an activating group) is 1. The molecular formula is C18H27ClN4O2. The lowest BCUT2D eigenvalue weighted by atomic mass is 10.1. The molecule has 7 heteroatoms. The molecule has 1 aromatic heterocycles. The van der Waals surface area contributed by atoms with E-state index in [1.807, 2.05) is 13.0 Å². The lowest BCUT2D eigenvalue weighted by Crippen LogP contribution is -2.41. The molecule has 0 aliphatic heterocycles. The minimum Gasteiger partial charge on any atom is -0.336 e. The molecule has 1 aromatic carbocycles. The fourth-order valence-corrected chi connectivity index (χ4v) is 2.58. The number of aryl methyl sites for hydroxylation is 1. The Morgan fingerprint density at radius 2 is 1.92 bits per heavy atom. The second-order valence-corrected chi connectivity index (χ2v) is 6.13. The number of nitrogens with zero attached hydrogens (tertiary/aromatic N) is 3. The van der Waals surface area contributed by atoms with Crippen molar-refractivity contribution in [2.75, 3.05) is 13.6 Å². The molecule has 1 atom stereocenters. The average Bonchev–Trinajstić information content (AvgIpc) is 2.62. The fraction of sp³-hybridized carbons (Fsp3) is 0.500. The maximum atomic E-state index is 12.8. The van der Waals surface area contributed by atoms with Gasteiger partial charge in [-0.25, -0.2) is 4.68 Å². The number of fused-ring (bicyclic) bond motifs is 1. The summed E-state index contributed by atoms with van der Waals surface area (Å²) in [4.78, 5) is 27.0. The van der Waals surface area contributed by atoms with Gasteiger partial charge in [-0.1, -0.05) is 38.0 Å². The van der Waals surface area contributed by atoms with Crippen molar-refractivity contribution in [3.05, 3.63) is 40.3 Å².